The Hall–Kier alpha value is -0.120. The summed E-state index contributed by atoms with van der Waals surface area (Å²) in [6.45, 7) is 4.00. The maximum Gasteiger partial charge on any atom is 0.0991 e. The van der Waals surface area contributed by atoms with Gasteiger partial charge in [-0.25, -0.2) is 0 Å². The first kappa shape index (κ1) is 12.9. The number of nitrogens with zero attached hydrogens (tertiary/aromatic N) is 2. The third-order valence-corrected chi connectivity index (χ3v) is 2.84. The van der Waals surface area contributed by atoms with E-state index >= 15 is 0 Å². The third kappa shape index (κ3) is 2.42. The second kappa shape index (κ2) is 4.94. The summed E-state index contributed by atoms with van der Waals surface area (Å²) >= 11 is 0. The van der Waals surface area contributed by atoms with Crippen LogP contribution < -0.4 is 0 Å². The second-order valence-corrected chi connectivity index (χ2v) is 4.09. The molecule has 0 aromatic rings. The summed E-state index contributed by atoms with van der Waals surface area (Å²) in [4.78, 5) is 4.20. The minimum Gasteiger partial charge on any atom is -0.390 e. The van der Waals surface area contributed by atoms with Crippen molar-refractivity contribution in [2.75, 3.05) is 28.2 Å². The summed E-state index contributed by atoms with van der Waals surface area (Å²) < 4.78 is 0. The molecule has 1 unspecified atom stereocenters. The summed E-state index contributed by atoms with van der Waals surface area (Å²) in [6, 6.07) is 0. The summed E-state index contributed by atoms with van der Waals surface area (Å²) in [5.74, 6) is 0. The van der Waals surface area contributed by atoms with Crippen molar-refractivity contribution in [3.05, 3.63) is 0 Å². The highest BCUT2D eigenvalue weighted by molar-refractivity contribution is 4.89. The topological polar surface area (TPSA) is 26.7 Å². The molecule has 0 fully saturated rings. The molecule has 13 heavy (non-hydrogen) atoms. The number of rotatable bonds is 5. The molecule has 0 spiro atoms. The number of likely N-dealkylation sites (N-methyl/N-ethyl adjacent to an activating group) is 2. The molecule has 0 amide bonds. The summed E-state index contributed by atoms with van der Waals surface area (Å²) in [6.07, 6.45) is 1.70. The first-order valence-corrected chi connectivity index (χ1v) is 4.92. The Morgan fingerprint density at radius 1 is 1.15 bits per heavy atom. The summed E-state index contributed by atoms with van der Waals surface area (Å²) in [5, 5.41) is 9.85. The molecular formula is C10H24N2O. The lowest BCUT2D eigenvalue weighted by Gasteiger charge is -2.47. The fourth-order valence-electron chi connectivity index (χ4n) is 2.17. The van der Waals surface area contributed by atoms with Crippen LogP contribution >= 0.6 is 0 Å². The van der Waals surface area contributed by atoms with E-state index in [1.807, 2.05) is 35.1 Å². The Bertz CT molecular complexity index is 122. The van der Waals surface area contributed by atoms with E-state index < -0.39 is 0 Å². The highest BCUT2D eigenvalue weighted by atomic mass is 16.3. The van der Waals surface area contributed by atoms with Crippen molar-refractivity contribution in [1.82, 2.24) is 9.80 Å². The fourth-order valence-corrected chi connectivity index (χ4v) is 2.17. The van der Waals surface area contributed by atoms with E-state index in [1.165, 1.54) is 0 Å². The van der Waals surface area contributed by atoms with Crippen LogP contribution in [-0.4, -0.2) is 54.9 Å². The number of aliphatic hydroxyl groups is 1. The van der Waals surface area contributed by atoms with Crippen LogP contribution in [0.15, 0.2) is 0 Å². The molecule has 0 saturated heterocycles. The molecule has 0 radical (unpaired) electrons. The minimum atomic E-state index is -0.350. The van der Waals surface area contributed by atoms with Crippen LogP contribution in [0, 0.1) is 0 Å². The average molecular weight is 188 g/mol. The standard InChI is InChI=1S/C10H24N2O/c1-7-8-10(9(2)13,11(3)4)12(5)6/h9,13H,7-8H2,1-6H3. The van der Waals surface area contributed by atoms with E-state index in [1.54, 1.807) is 0 Å². The Balaban J connectivity index is 4.82. The molecule has 0 aliphatic heterocycles. The van der Waals surface area contributed by atoms with Gasteiger partial charge in [0.2, 0.25) is 0 Å². The molecule has 0 heterocycles. The van der Waals surface area contributed by atoms with Crippen LogP contribution in [0.3, 0.4) is 0 Å². The Morgan fingerprint density at radius 2 is 1.54 bits per heavy atom. The summed E-state index contributed by atoms with van der Waals surface area (Å²) in [5.41, 5.74) is -0.227. The van der Waals surface area contributed by atoms with Gasteiger partial charge in [-0.05, 0) is 41.5 Å². The Morgan fingerprint density at radius 3 is 1.62 bits per heavy atom. The predicted octanol–water partition coefficient (Wildman–Crippen LogP) is 0.987. The number of hydrogen-bond donors (Lipinski definition) is 1. The predicted molar refractivity (Wildman–Crippen MR) is 56.7 cm³/mol. The van der Waals surface area contributed by atoms with E-state index in [-0.39, 0.29) is 11.8 Å². The molecule has 0 aliphatic rings. The van der Waals surface area contributed by atoms with Crippen LogP contribution in [0.2, 0.25) is 0 Å². The van der Waals surface area contributed by atoms with E-state index in [0.717, 1.165) is 12.8 Å². The van der Waals surface area contributed by atoms with Gasteiger partial charge in [0, 0.05) is 0 Å². The molecule has 3 nitrogen and oxygen atoms in total. The monoisotopic (exact) mass is 188 g/mol. The van der Waals surface area contributed by atoms with Crippen LogP contribution in [0.4, 0.5) is 0 Å². The van der Waals surface area contributed by atoms with E-state index in [2.05, 4.69) is 16.7 Å². The van der Waals surface area contributed by atoms with Gasteiger partial charge in [0.25, 0.3) is 0 Å². The zero-order valence-corrected chi connectivity index (χ0v) is 9.83. The lowest BCUT2D eigenvalue weighted by molar-refractivity contribution is -0.0944. The largest absolute Gasteiger partial charge is 0.390 e. The van der Waals surface area contributed by atoms with Crippen molar-refractivity contribution in [2.24, 2.45) is 0 Å². The van der Waals surface area contributed by atoms with Gasteiger partial charge in [-0.2, -0.15) is 0 Å². The van der Waals surface area contributed by atoms with Crippen molar-refractivity contribution >= 4 is 0 Å². The number of hydrogen-bond acceptors (Lipinski definition) is 3. The second-order valence-electron chi connectivity index (χ2n) is 4.09. The fraction of sp³-hybridized carbons (Fsp3) is 1.00. The SMILES string of the molecule is CCCC(C(C)O)(N(C)C)N(C)C. The summed E-state index contributed by atoms with van der Waals surface area (Å²) in [7, 11) is 8.06. The van der Waals surface area contributed by atoms with Crippen LogP contribution in [0.1, 0.15) is 26.7 Å². The van der Waals surface area contributed by atoms with Gasteiger partial charge in [-0.15, -0.1) is 0 Å². The third-order valence-electron chi connectivity index (χ3n) is 2.84. The quantitative estimate of drug-likeness (QED) is 0.652. The molecule has 80 valence electrons. The van der Waals surface area contributed by atoms with Crippen LogP contribution in [0.25, 0.3) is 0 Å². The molecule has 0 aliphatic carbocycles. The van der Waals surface area contributed by atoms with Gasteiger partial charge in [-0.1, -0.05) is 13.3 Å². The van der Waals surface area contributed by atoms with Gasteiger partial charge in [0.15, 0.2) is 0 Å². The molecule has 3 heteroatoms. The van der Waals surface area contributed by atoms with Gasteiger partial charge < -0.3 is 5.11 Å². The van der Waals surface area contributed by atoms with E-state index in [4.69, 9.17) is 0 Å². The van der Waals surface area contributed by atoms with Gasteiger partial charge in [0.05, 0.1) is 11.8 Å². The lowest BCUT2D eigenvalue weighted by Crippen LogP contribution is -2.61. The van der Waals surface area contributed by atoms with Gasteiger partial charge in [-0.3, -0.25) is 9.80 Å². The normalized spacial score (nSPS) is 15.5. The van der Waals surface area contributed by atoms with Gasteiger partial charge in [0.1, 0.15) is 0 Å². The van der Waals surface area contributed by atoms with E-state index in [0.29, 0.717) is 0 Å². The average Bonchev–Trinajstić information content (AvgIpc) is 1.97. The lowest BCUT2D eigenvalue weighted by atomic mass is 9.95. The molecule has 1 atom stereocenters. The Labute approximate surface area is 82.3 Å². The van der Waals surface area contributed by atoms with Crippen molar-refractivity contribution < 1.29 is 5.11 Å². The molecule has 0 saturated carbocycles. The van der Waals surface area contributed by atoms with Crippen molar-refractivity contribution in [3.8, 4) is 0 Å². The molecule has 1 N–H and O–H groups in total. The van der Waals surface area contributed by atoms with Gasteiger partial charge >= 0.3 is 0 Å². The smallest absolute Gasteiger partial charge is 0.0991 e. The zero-order valence-electron chi connectivity index (χ0n) is 9.83. The zero-order chi connectivity index (χ0) is 10.6. The van der Waals surface area contributed by atoms with E-state index in [9.17, 15) is 5.11 Å². The van der Waals surface area contributed by atoms with Crippen molar-refractivity contribution in [2.45, 2.75) is 38.5 Å². The molecule has 0 aromatic carbocycles. The maximum absolute atomic E-state index is 9.85. The molecule has 0 rings (SSSR count). The first-order chi connectivity index (χ1) is 5.89. The van der Waals surface area contributed by atoms with Crippen LogP contribution in [0.5, 0.6) is 0 Å². The number of aliphatic hydroxyl groups excluding tert-OH is 1. The molecular weight excluding hydrogens is 164 g/mol. The molecule has 0 bridgehead atoms. The van der Waals surface area contributed by atoms with Crippen molar-refractivity contribution in [3.63, 3.8) is 0 Å². The molecule has 0 aromatic heterocycles. The Kier molecular flexibility index (Phi) is 4.89. The first-order valence-electron chi connectivity index (χ1n) is 4.92. The maximum atomic E-state index is 9.85. The highest BCUT2D eigenvalue weighted by Gasteiger charge is 2.38. The van der Waals surface area contributed by atoms with Crippen molar-refractivity contribution in [1.29, 1.82) is 0 Å². The minimum absolute atomic E-state index is 0.227. The van der Waals surface area contributed by atoms with Crippen LogP contribution in [-0.2, 0) is 0 Å². The highest BCUT2D eigenvalue weighted by Crippen LogP contribution is 2.25.